The molecule has 6 nitrogen and oxygen atoms in total. The minimum atomic E-state index is -1.17. The summed E-state index contributed by atoms with van der Waals surface area (Å²) in [5.41, 5.74) is -1.17. The molecule has 0 spiro atoms. The average Bonchev–Trinajstić information content (AvgIpc) is 2.37. The second-order valence-electron chi connectivity index (χ2n) is 6.79. The fourth-order valence-electron chi connectivity index (χ4n) is 2.49. The monoisotopic (exact) mass is 298 g/mol. The molecule has 0 bridgehead atoms. The smallest absolute Gasteiger partial charge is 0.324 e. The molecule has 0 saturated carbocycles. The zero-order chi connectivity index (χ0) is 16.2. The topological polar surface area (TPSA) is 86.7 Å². The first-order valence-corrected chi connectivity index (χ1v) is 7.45. The molecule has 1 fully saturated rings. The van der Waals surface area contributed by atoms with E-state index in [1.54, 1.807) is 4.90 Å². The number of hydrogen-bond donors (Lipinski definition) is 2. The molecule has 2 N–H and O–H groups in total. The summed E-state index contributed by atoms with van der Waals surface area (Å²) in [5.74, 6) is -0.370. The minimum Gasteiger partial charge on any atom is -0.481 e. The van der Waals surface area contributed by atoms with Crippen molar-refractivity contribution in [1.29, 1.82) is 0 Å². The Hall–Kier alpha value is -1.59. The summed E-state index contributed by atoms with van der Waals surface area (Å²) >= 11 is 0. The maximum absolute atomic E-state index is 12.0. The van der Waals surface area contributed by atoms with E-state index in [9.17, 15) is 14.4 Å². The number of imide groups is 1. The van der Waals surface area contributed by atoms with Crippen molar-refractivity contribution in [2.45, 2.75) is 47.0 Å². The molecule has 0 atom stereocenters. The van der Waals surface area contributed by atoms with Crippen molar-refractivity contribution in [3.63, 3.8) is 0 Å². The molecule has 120 valence electrons. The van der Waals surface area contributed by atoms with E-state index in [1.807, 2.05) is 0 Å². The van der Waals surface area contributed by atoms with Gasteiger partial charge in [0, 0.05) is 19.5 Å². The molecule has 0 aromatic rings. The van der Waals surface area contributed by atoms with Gasteiger partial charge in [0.1, 0.15) is 0 Å². The summed E-state index contributed by atoms with van der Waals surface area (Å²) in [6, 6.07) is -0.414. The Kier molecular flexibility index (Phi) is 5.75. The third-order valence-corrected chi connectivity index (χ3v) is 4.20. The molecule has 0 aromatic heterocycles. The van der Waals surface area contributed by atoms with Crippen LogP contribution in [0.4, 0.5) is 4.79 Å². The predicted octanol–water partition coefficient (Wildman–Crippen LogP) is 2.09. The van der Waals surface area contributed by atoms with Gasteiger partial charge in [-0.15, -0.1) is 0 Å². The number of carbonyl (C=O) groups excluding carboxylic acids is 2. The maximum Gasteiger partial charge on any atom is 0.324 e. The Morgan fingerprint density at radius 1 is 1.24 bits per heavy atom. The van der Waals surface area contributed by atoms with Crippen molar-refractivity contribution < 1.29 is 19.5 Å². The van der Waals surface area contributed by atoms with Crippen molar-refractivity contribution in [3.8, 4) is 0 Å². The van der Waals surface area contributed by atoms with Crippen LogP contribution >= 0.6 is 0 Å². The molecule has 6 heteroatoms. The highest BCUT2D eigenvalue weighted by Gasteiger charge is 2.32. The van der Waals surface area contributed by atoms with E-state index in [-0.39, 0.29) is 6.42 Å². The molecule has 1 aliphatic heterocycles. The SMILES string of the molecule is CC(C)C1CCN(C(=O)NC(=O)CC(C)(C)C(=O)O)CC1. The Labute approximate surface area is 125 Å². The number of nitrogens with one attached hydrogen (secondary N) is 1. The van der Waals surface area contributed by atoms with Gasteiger partial charge in [0.15, 0.2) is 0 Å². The van der Waals surface area contributed by atoms with Gasteiger partial charge < -0.3 is 10.0 Å². The van der Waals surface area contributed by atoms with E-state index in [0.29, 0.717) is 24.9 Å². The van der Waals surface area contributed by atoms with Crippen LogP contribution in [0.25, 0.3) is 0 Å². The first kappa shape index (κ1) is 17.5. The van der Waals surface area contributed by atoms with Crippen molar-refractivity contribution in [2.75, 3.05) is 13.1 Å². The number of hydrogen-bond acceptors (Lipinski definition) is 3. The summed E-state index contributed by atoms with van der Waals surface area (Å²) in [5, 5.41) is 11.3. The van der Waals surface area contributed by atoms with E-state index in [0.717, 1.165) is 12.8 Å². The Morgan fingerprint density at radius 2 is 1.76 bits per heavy atom. The maximum atomic E-state index is 12.0. The van der Waals surface area contributed by atoms with Gasteiger partial charge in [-0.1, -0.05) is 13.8 Å². The third kappa shape index (κ3) is 5.02. The van der Waals surface area contributed by atoms with Gasteiger partial charge in [0.05, 0.1) is 5.41 Å². The highest BCUT2D eigenvalue weighted by molar-refractivity contribution is 5.96. The van der Waals surface area contributed by atoms with Crippen molar-refractivity contribution in [2.24, 2.45) is 17.3 Å². The molecular weight excluding hydrogens is 272 g/mol. The van der Waals surface area contributed by atoms with Crippen molar-refractivity contribution in [1.82, 2.24) is 10.2 Å². The highest BCUT2D eigenvalue weighted by atomic mass is 16.4. The third-order valence-electron chi connectivity index (χ3n) is 4.20. The molecule has 1 heterocycles. The van der Waals surface area contributed by atoms with Crippen LogP contribution in [-0.4, -0.2) is 41.0 Å². The quantitative estimate of drug-likeness (QED) is 0.832. The number of likely N-dealkylation sites (tertiary alicyclic amines) is 1. The number of urea groups is 1. The lowest BCUT2D eigenvalue weighted by Crippen LogP contribution is -2.47. The van der Waals surface area contributed by atoms with Crippen LogP contribution < -0.4 is 5.32 Å². The van der Waals surface area contributed by atoms with E-state index in [1.165, 1.54) is 13.8 Å². The fourth-order valence-corrected chi connectivity index (χ4v) is 2.49. The molecule has 1 saturated heterocycles. The number of amides is 3. The summed E-state index contributed by atoms with van der Waals surface area (Å²) in [6.45, 7) is 8.57. The van der Waals surface area contributed by atoms with Gasteiger partial charge in [-0.25, -0.2) is 4.79 Å². The number of aliphatic carboxylic acids is 1. The largest absolute Gasteiger partial charge is 0.481 e. The minimum absolute atomic E-state index is 0.212. The predicted molar refractivity (Wildman–Crippen MR) is 78.7 cm³/mol. The van der Waals surface area contributed by atoms with Gasteiger partial charge >= 0.3 is 12.0 Å². The summed E-state index contributed by atoms with van der Waals surface area (Å²) in [6.07, 6.45) is 1.68. The number of piperidine rings is 1. The Balaban J connectivity index is 2.44. The van der Waals surface area contributed by atoms with Gasteiger partial charge in [0.25, 0.3) is 0 Å². The number of carbonyl (C=O) groups is 3. The standard InChI is InChI=1S/C15H26N2O4/c1-10(2)11-5-7-17(8-6-11)14(21)16-12(18)9-15(3,4)13(19)20/h10-11H,5-9H2,1-4H3,(H,19,20)(H,16,18,21). The van der Waals surface area contributed by atoms with Gasteiger partial charge in [-0.2, -0.15) is 0 Å². The first-order chi connectivity index (χ1) is 9.63. The Morgan fingerprint density at radius 3 is 2.19 bits per heavy atom. The molecule has 3 amide bonds. The summed E-state index contributed by atoms with van der Waals surface area (Å²) < 4.78 is 0. The van der Waals surface area contributed by atoms with Crippen molar-refractivity contribution >= 4 is 17.9 Å². The van der Waals surface area contributed by atoms with Crippen LogP contribution in [0.3, 0.4) is 0 Å². The molecular formula is C15H26N2O4. The van der Waals surface area contributed by atoms with Gasteiger partial charge in [-0.3, -0.25) is 14.9 Å². The van der Waals surface area contributed by atoms with Crippen LogP contribution in [0, 0.1) is 17.3 Å². The Bertz CT molecular complexity index is 410. The normalized spacial score (nSPS) is 16.9. The lowest BCUT2D eigenvalue weighted by molar-refractivity contribution is -0.149. The molecule has 0 aromatic carbocycles. The zero-order valence-electron chi connectivity index (χ0n) is 13.3. The number of carboxylic acid groups (broad SMARTS) is 1. The van der Waals surface area contributed by atoms with Gasteiger partial charge in [-0.05, 0) is 38.5 Å². The number of nitrogens with zero attached hydrogens (tertiary/aromatic N) is 1. The van der Waals surface area contributed by atoms with Gasteiger partial charge in [0.2, 0.25) is 5.91 Å². The van der Waals surface area contributed by atoms with Crippen LogP contribution in [0.15, 0.2) is 0 Å². The highest BCUT2D eigenvalue weighted by Crippen LogP contribution is 2.24. The summed E-state index contributed by atoms with van der Waals surface area (Å²) in [4.78, 5) is 36.4. The lowest BCUT2D eigenvalue weighted by Gasteiger charge is -2.33. The molecule has 0 radical (unpaired) electrons. The molecule has 0 aliphatic carbocycles. The first-order valence-electron chi connectivity index (χ1n) is 7.45. The summed E-state index contributed by atoms with van der Waals surface area (Å²) in [7, 11) is 0. The van der Waals surface area contributed by atoms with E-state index in [4.69, 9.17) is 5.11 Å². The van der Waals surface area contributed by atoms with Crippen LogP contribution in [-0.2, 0) is 9.59 Å². The van der Waals surface area contributed by atoms with Crippen molar-refractivity contribution in [3.05, 3.63) is 0 Å². The molecule has 0 unspecified atom stereocenters. The second kappa shape index (κ2) is 6.91. The molecule has 1 aliphatic rings. The van der Waals surface area contributed by atoms with Crippen LogP contribution in [0.2, 0.25) is 0 Å². The van der Waals surface area contributed by atoms with E-state index >= 15 is 0 Å². The second-order valence-corrected chi connectivity index (χ2v) is 6.79. The number of carboxylic acids is 1. The molecule has 21 heavy (non-hydrogen) atoms. The zero-order valence-corrected chi connectivity index (χ0v) is 13.3. The van der Waals surface area contributed by atoms with E-state index in [2.05, 4.69) is 19.2 Å². The van der Waals surface area contributed by atoms with E-state index < -0.39 is 23.3 Å². The fraction of sp³-hybridized carbons (Fsp3) is 0.800. The lowest BCUT2D eigenvalue weighted by atomic mass is 9.87. The molecule has 1 rings (SSSR count). The van der Waals surface area contributed by atoms with Crippen LogP contribution in [0.1, 0.15) is 47.0 Å². The number of rotatable bonds is 4. The van der Waals surface area contributed by atoms with Crippen LogP contribution in [0.5, 0.6) is 0 Å². The average molecular weight is 298 g/mol.